The molecule has 4 amide bonds. The van der Waals surface area contributed by atoms with Gasteiger partial charge >= 0.3 is 6.03 Å². The number of benzene rings is 2. The summed E-state index contributed by atoms with van der Waals surface area (Å²) in [6, 6.07) is 13.9. The number of thioether (sulfide) groups is 1. The van der Waals surface area contributed by atoms with Gasteiger partial charge in [0.05, 0.1) is 5.56 Å². The lowest BCUT2D eigenvalue weighted by molar-refractivity contribution is -0.122. The minimum atomic E-state index is -1.01. The van der Waals surface area contributed by atoms with Crippen LogP contribution in [0.2, 0.25) is 5.02 Å². The van der Waals surface area contributed by atoms with Crippen LogP contribution < -0.4 is 16.0 Å². The second-order valence-corrected chi connectivity index (χ2v) is 7.79. The van der Waals surface area contributed by atoms with E-state index in [4.69, 9.17) is 11.6 Å². The Bertz CT molecular complexity index is 888. The van der Waals surface area contributed by atoms with Crippen LogP contribution in [0.25, 0.3) is 0 Å². The first kappa shape index (κ1) is 19.3. The molecule has 27 heavy (non-hydrogen) atoms. The third-order valence-electron chi connectivity index (χ3n) is 4.13. The maximum atomic E-state index is 12.6. The van der Waals surface area contributed by atoms with Crippen molar-refractivity contribution in [2.75, 3.05) is 5.75 Å². The highest BCUT2D eigenvalue weighted by molar-refractivity contribution is 7.99. The van der Waals surface area contributed by atoms with Crippen molar-refractivity contribution in [2.24, 2.45) is 0 Å². The molecule has 2 aromatic rings. The fourth-order valence-corrected chi connectivity index (χ4v) is 3.83. The van der Waals surface area contributed by atoms with Crippen molar-refractivity contribution in [3.63, 3.8) is 0 Å². The number of carbonyl (C=O) groups is 3. The first-order valence-corrected chi connectivity index (χ1v) is 9.62. The summed E-state index contributed by atoms with van der Waals surface area (Å²) in [5.41, 5.74) is 0.454. The SMILES string of the molecule is CC1(CSc2ccccc2C(=O)NCc2ccc(Cl)cc2)NC(=O)NC1=O. The molecule has 1 aliphatic rings. The van der Waals surface area contributed by atoms with E-state index in [1.165, 1.54) is 11.8 Å². The fraction of sp³-hybridized carbons (Fsp3) is 0.211. The predicted octanol–water partition coefficient (Wildman–Crippen LogP) is 2.96. The summed E-state index contributed by atoms with van der Waals surface area (Å²) in [5, 5.41) is 8.38. The largest absolute Gasteiger partial charge is 0.348 e. The van der Waals surface area contributed by atoms with E-state index in [-0.39, 0.29) is 11.8 Å². The lowest BCUT2D eigenvalue weighted by Gasteiger charge is -2.20. The predicted molar refractivity (Wildman–Crippen MR) is 105 cm³/mol. The van der Waals surface area contributed by atoms with Crippen molar-refractivity contribution in [1.82, 2.24) is 16.0 Å². The Morgan fingerprint density at radius 3 is 2.52 bits per heavy atom. The van der Waals surface area contributed by atoms with Crippen LogP contribution in [-0.2, 0) is 11.3 Å². The van der Waals surface area contributed by atoms with Gasteiger partial charge in [-0.2, -0.15) is 0 Å². The van der Waals surface area contributed by atoms with Crippen LogP contribution in [0.1, 0.15) is 22.8 Å². The summed E-state index contributed by atoms with van der Waals surface area (Å²) in [6.07, 6.45) is 0. The number of nitrogens with one attached hydrogen (secondary N) is 3. The zero-order valence-corrected chi connectivity index (χ0v) is 16.1. The molecule has 2 aromatic carbocycles. The second kappa shape index (κ2) is 8.02. The van der Waals surface area contributed by atoms with Gasteiger partial charge in [0, 0.05) is 22.2 Å². The molecule has 1 atom stereocenters. The molecule has 0 bridgehead atoms. The molecule has 1 unspecified atom stereocenters. The van der Waals surface area contributed by atoms with Crippen LogP contribution in [0.5, 0.6) is 0 Å². The van der Waals surface area contributed by atoms with Gasteiger partial charge in [-0.1, -0.05) is 35.9 Å². The Labute approximate surface area is 166 Å². The highest BCUT2D eigenvalue weighted by Crippen LogP contribution is 2.27. The van der Waals surface area contributed by atoms with Gasteiger partial charge in [0.2, 0.25) is 0 Å². The standard InChI is InChI=1S/C19H18ClN3O3S/c1-19(17(25)22-18(26)23-19)11-27-15-5-3-2-4-14(15)16(24)21-10-12-6-8-13(20)9-7-12/h2-9H,10-11H2,1H3,(H,21,24)(H2,22,23,25,26). The Kier molecular flexibility index (Phi) is 5.72. The number of halogens is 1. The minimum Gasteiger partial charge on any atom is -0.348 e. The third-order valence-corrected chi connectivity index (χ3v) is 5.77. The molecule has 1 aliphatic heterocycles. The highest BCUT2D eigenvalue weighted by atomic mass is 35.5. The molecule has 1 heterocycles. The van der Waals surface area contributed by atoms with Gasteiger partial charge in [-0.3, -0.25) is 14.9 Å². The summed E-state index contributed by atoms with van der Waals surface area (Å²) in [5.74, 6) is -0.269. The van der Waals surface area contributed by atoms with Gasteiger partial charge in [0.25, 0.3) is 11.8 Å². The average molecular weight is 404 g/mol. The minimum absolute atomic E-state index is 0.210. The maximum absolute atomic E-state index is 12.6. The monoisotopic (exact) mass is 403 g/mol. The van der Waals surface area contributed by atoms with Crippen LogP contribution in [0.4, 0.5) is 4.79 Å². The third kappa shape index (κ3) is 4.61. The lowest BCUT2D eigenvalue weighted by atomic mass is 10.1. The van der Waals surface area contributed by atoms with Crippen molar-refractivity contribution >= 4 is 41.2 Å². The number of imide groups is 1. The quantitative estimate of drug-likeness (QED) is 0.511. The Balaban J connectivity index is 1.66. The van der Waals surface area contributed by atoms with Gasteiger partial charge < -0.3 is 10.6 Å². The number of hydrogen-bond donors (Lipinski definition) is 3. The molecule has 3 N–H and O–H groups in total. The fourth-order valence-electron chi connectivity index (χ4n) is 2.56. The van der Waals surface area contributed by atoms with E-state index in [9.17, 15) is 14.4 Å². The summed E-state index contributed by atoms with van der Waals surface area (Å²) in [6.45, 7) is 2.04. The van der Waals surface area contributed by atoms with Gasteiger partial charge in [0.1, 0.15) is 5.54 Å². The molecule has 8 heteroatoms. The van der Waals surface area contributed by atoms with Crippen molar-refractivity contribution in [2.45, 2.75) is 23.9 Å². The van der Waals surface area contributed by atoms with E-state index in [0.29, 0.717) is 22.9 Å². The topological polar surface area (TPSA) is 87.3 Å². The van der Waals surface area contributed by atoms with Crippen molar-refractivity contribution in [3.05, 3.63) is 64.7 Å². The number of carbonyl (C=O) groups excluding carboxylic acids is 3. The smallest absolute Gasteiger partial charge is 0.322 e. The Hall–Kier alpha value is -2.51. The second-order valence-electron chi connectivity index (χ2n) is 6.33. The van der Waals surface area contributed by atoms with E-state index in [0.717, 1.165) is 10.5 Å². The normalized spacial score (nSPS) is 18.7. The number of amides is 4. The Morgan fingerprint density at radius 1 is 1.15 bits per heavy atom. The molecule has 0 saturated carbocycles. The molecule has 1 fully saturated rings. The van der Waals surface area contributed by atoms with E-state index < -0.39 is 11.6 Å². The van der Waals surface area contributed by atoms with Crippen LogP contribution in [0.15, 0.2) is 53.4 Å². The molecule has 6 nitrogen and oxygen atoms in total. The summed E-state index contributed by atoms with van der Waals surface area (Å²) < 4.78 is 0. The van der Waals surface area contributed by atoms with Crippen molar-refractivity contribution in [3.8, 4) is 0 Å². The number of rotatable bonds is 6. The van der Waals surface area contributed by atoms with Gasteiger partial charge in [-0.15, -0.1) is 11.8 Å². The van der Waals surface area contributed by atoms with Crippen LogP contribution in [0, 0.1) is 0 Å². The first-order valence-electron chi connectivity index (χ1n) is 8.25. The molecule has 3 rings (SSSR count). The highest BCUT2D eigenvalue weighted by Gasteiger charge is 2.41. The number of urea groups is 1. The average Bonchev–Trinajstić information content (AvgIpc) is 2.91. The van der Waals surface area contributed by atoms with Crippen molar-refractivity contribution < 1.29 is 14.4 Å². The number of hydrogen-bond acceptors (Lipinski definition) is 4. The van der Waals surface area contributed by atoms with Gasteiger partial charge in [-0.05, 0) is 36.8 Å². The van der Waals surface area contributed by atoms with E-state index in [1.807, 2.05) is 24.3 Å². The van der Waals surface area contributed by atoms with E-state index in [1.54, 1.807) is 31.2 Å². The van der Waals surface area contributed by atoms with Crippen molar-refractivity contribution in [1.29, 1.82) is 0 Å². The molecule has 0 radical (unpaired) electrons. The maximum Gasteiger partial charge on any atom is 0.322 e. The van der Waals surface area contributed by atoms with Crippen LogP contribution in [-0.4, -0.2) is 29.1 Å². The summed E-state index contributed by atoms with van der Waals surface area (Å²) in [4.78, 5) is 36.6. The molecule has 0 aromatic heterocycles. The van der Waals surface area contributed by atoms with Crippen LogP contribution >= 0.6 is 23.4 Å². The van der Waals surface area contributed by atoms with E-state index in [2.05, 4.69) is 16.0 Å². The molecule has 0 spiro atoms. The molecular weight excluding hydrogens is 386 g/mol. The molecular formula is C19H18ClN3O3S. The van der Waals surface area contributed by atoms with Gasteiger partial charge in [0.15, 0.2) is 0 Å². The summed E-state index contributed by atoms with van der Waals surface area (Å²) >= 11 is 7.21. The van der Waals surface area contributed by atoms with E-state index >= 15 is 0 Å². The summed E-state index contributed by atoms with van der Waals surface area (Å²) in [7, 11) is 0. The van der Waals surface area contributed by atoms with Crippen LogP contribution in [0.3, 0.4) is 0 Å². The van der Waals surface area contributed by atoms with Gasteiger partial charge in [-0.25, -0.2) is 4.79 Å². The molecule has 140 valence electrons. The zero-order valence-electron chi connectivity index (χ0n) is 14.5. The molecule has 0 aliphatic carbocycles. The zero-order chi connectivity index (χ0) is 19.4. The first-order chi connectivity index (χ1) is 12.9. The Morgan fingerprint density at radius 2 is 1.85 bits per heavy atom. The molecule has 1 saturated heterocycles. The lowest BCUT2D eigenvalue weighted by Crippen LogP contribution is -2.46.